The summed E-state index contributed by atoms with van der Waals surface area (Å²) in [6, 6.07) is 8.02. The van der Waals surface area contributed by atoms with Crippen molar-refractivity contribution < 1.29 is 9.84 Å². The molecular formula is C13H18O2S. The lowest BCUT2D eigenvalue weighted by atomic mass is 9.95. The Morgan fingerprint density at radius 3 is 2.75 bits per heavy atom. The highest BCUT2D eigenvalue weighted by atomic mass is 32.2. The van der Waals surface area contributed by atoms with Crippen molar-refractivity contribution in [3.63, 3.8) is 0 Å². The van der Waals surface area contributed by atoms with Gasteiger partial charge in [0.05, 0.1) is 6.10 Å². The normalized spacial score (nSPS) is 25.4. The van der Waals surface area contributed by atoms with Crippen LogP contribution in [0.3, 0.4) is 0 Å². The third-order valence-electron chi connectivity index (χ3n) is 3.02. The van der Waals surface area contributed by atoms with Crippen LogP contribution in [0.4, 0.5) is 0 Å². The van der Waals surface area contributed by atoms with Crippen molar-refractivity contribution in [2.45, 2.75) is 42.8 Å². The Bertz CT molecular complexity index is 340. The largest absolute Gasteiger partial charge is 0.487 e. The maximum atomic E-state index is 9.86. The summed E-state index contributed by atoms with van der Waals surface area (Å²) in [5.74, 6) is 0.904. The molecule has 2 rings (SSSR count). The minimum Gasteiger partial charge on any atom is -0.487 e. The minimum absolute atomic E-state index is 0.0259. The number of para-hydroxylation sites is 1. The van der Waals surface area contributed by atoms with Gasteiger partial charge in [-0.15, -0.1) is 11.8 Å². The van der Waals surface area contributed by atoms with E-state index in [1.54, 1.807) is 11.8 Å². The third-order valence-corrected chi connectivity index (χ3v) is 3.79. The summed E-state index contributed by atoms with van der Waals surface area (Å²) in [5.41, 5.74) is 0. The van der Waals surface area contributed by atoms with Crippen molar-refractivity contribution in [2.24, 2.45) is 0 Å². The molecule has 3 heteroatoms. The van der Waals surface area contributed by atoms with Crippen LogP contribution >= 0.6 is 11.8 Å². The molecule has 0 amide bonds. The molecule has 0 aromatic heterocycles. The van der Waals surface area contributed by atoms with Crippen molar-refractivity contribution in [1.29, 1.82) is 0 Å². The molecule has 0 radical (unpaired) electrons. The first kappa shape index (κ1) is 11.8. The number of hydrogen-bond donors (Lipinski definition) is 1. The molecule has 0 spiro atoms. The second-order valence-electron chi connectivity index (χ2n) is 4.16. The molecule has 0 aliphatic heterocycles. The number of aliphatic hydroxyl groups is 1. The molecule has 0 heterocycles. The van der Waals surface area contributed by atoms with Gasteiger partial charge in [0.15, 0.2) is 0 Å². The van der Waals surface area contributed by atoms with E-state index in [9.17, 15) is 5.11 Å². The topological polar surface area (TPSA) is 29.5 Å². The molecule has 88 valence electrons. The molecule has 2 atom stereocenters. The summed E-state index contributed by atoms with van der Waals surface area (Å²) in [6.45, 7) is 0. The smallest absolute Gasteiger partial charge is 0.133 e. The molecular weight excluding hydrogens is 220 g/mol. The highest BCUT2D eigenvalue weighted by Gasteiger charge is 2.25. The van der Waals surface area contributed by atoms with Gasteiger partial charge in [-0.2, -0.15) is 0 Å². The van der Waals surface area contributed by atoms with E-state index in [4.69, 9.17) is 4.74 Å². The molecule has 0 saturated heterocycles. The van der Waals surface area contributed by atoms with Crippen molar-refractivity contribution in [3.05, 3.63) is 24.3 Å². The quantitative estimate of drug-likeness (QED) is 0.821. The van der Waals surface area contributed by atoms with Crippen LogP contribution in [-0.2, 0) is 0 Å². The van der Waals surface area contributed by atoms with E-state index >= 15 is 0 Å². The van der Waals surface area contributed by atoms with Crippen LogP contribution in [0.5, 0.6) is 5.75 Å². The van der Waals surface area contributed by atoms with Gasteiger partial charge in [0, 0.05) is 4.90 Å². The molecule has 1 aliphatic carbocycles. The Morgan fingerprint density at radius 1 is 1.25 bits per heavy atom. The van der Waals surface area contributed by atoms with Gasteiger partial charge in [0.25, 0.3) is 0 Å². The van der Waals surface area contributed by atoms with Crippen molar-refractivity contribution in [3.8, 4) is 5.75 Å². The van der Waals surface area contributed by atoms with Gasteiger partial charge in [-0.1, -0.05) is 18.6 Å². The summed E-state index contributed by atoms with van der Waals surface area (Å²) in [6.07, 6.45) is 5.81. The highest BCUT2D eigenvalue weighted by molar-refractivity contribution is 7.98. The summed E-state index contributed by atoms with van der Waals surface area (Å²) < 4.78 is 5.92. The van der Waals surface area contributed by atoms with Crippen LogP contribution in [0.25, 0.3) is 0 Å². The Balaban J connectivity index is 2.07. The molecule has 0 bridgehead atoms. The van der Waals surface area contributed by atoms with E-state index in [1.807, 2.05) is 24.5 Å². The van der Waals surface area contributed by atoms with Crippen LogP contribution < -0.4 is 4.74 Å². The lowest BCUT2D eigenvalue weighted by molar-refractivity contribution is 0.00547. The van der Waals surface area contributed by atoms with E-state index in [0.717, 1.165) is 36.3 Å². The van der Waals surface area contributed by atoms with Crippen LogP contribution in [0.1, 0.15) is 25.7 Å². The zero-order valence-electron chi connectivity index (χ0n) is 9.56. The van der Waals surface area contributed by atoms with Gasteiger partial charge in [-0.3, -0.25) is 0 Å². The van der Waals surface area contributed by atoms with Gasteiger partial charge in [-0.25, -0.2) is 0 Å². The Hall–Kier alpha value is -0.670. The van der Waals surface area contributed by atoms with E-state index in [1.165, 1.54) is 0 Å². The number of ether oxygens (including phenoxy) is 1. The Labute approximate surface area is 101 Å². The highest BCUT2D eigenvalue weighted by Crippen LogP contribution is 2.30. The van der Waals surface area contributed by atoms with Crippen molar-refractivity contribution >= 4 is 11.8 Å². The fraction of sp³-hybridized carbons (Fsp3) is 0.538. The van der Waals surface area contributed by atoms with Crippen molar-refractivity contribution in [1.82, 2.24) is 0 Å². The summed E-state index contributed by atoms with van der Waals surface area (Å²) in [4.78, 5) is 1.14. The number of benzene rings is 1. The van der Waals surface area contributed by atoms with Gasteiger partial charge in [0.2, 0.25) is 0 Å². The first-order chi connectivity index (χ1) is 7.81. The Morgan fingerprint density at radius 2 is 2.00 bits per heavy atom. The van der Waals surface area contributed by atoms with E-state index in [0.29, 0.717) is 0 Å². The fourth-order valence-corrected chi connectivity index (χ4v) is 2.63. The SMILES string of the molecule is CSc1ccccc1O[C@H]1CCCC[C@@H]1O. The molecule has 2 nitrogen and oxygen atoms in total. The van der Waals surface area contributed by atoms with Gasteiger partial charge in [0.1, 0.15) is 11.9 Å². The molecule has 1 saturated carbocycles. The van der Waals surface area contributed by atoms with Crippen LogP contribution in [0.2, 0.25) is 0 Å². The standard InChI is InChI=1S/C13H18O2S/c1-16-13-9-5-4-8-12(13)15-11-7-3-2-6-10(11)14/h4-5,8-11,14H,2-3,6-7H2,1H3/t10-,11-/m0/s1. The van der Waals surface area contributed by atoms with E-state index < -0.39 is 0 Å². The minimum atomic E-state index is -0.302. The number of thioether (sulfide) groups is 1. The fourth-order valence-electron chi connectivity index (χ4n) is 2.09. The van der Waals surface area contributed by atoms with Gasteiger partial charge in [-0.05, 0) is 37.7 Å². The summed E-state index contributed by atoms with van der Waals surface area (Å²) >= 11 is 1.68. The molecule has 0 unspecified atom stereocenters. The van der Waals surface area contributed by atoms with Crippen LogP contribution in [-0.4, -0.2) is 23.6 Å². The number of aliphatic hydroxyl groups excluding tert-OH is 1. The molecule has 1 aliphatic rings. The van der Waals surface area contributed by atoms with Crippen LogP contribution in [0.15, 0.2) is 29.2 Å². The second kappa shape index (κ2) is 5.60. The van der Waals surface area contributed by atoms with E-state index in [2.05, 4.69) is 6.07 Å². The maximum absolute atomic E-state index is 9.86. The molecule has 1 N–H and O–H groups in total. The monoisotopic (exact) mass is 238 g/mol. The summed E-state index contributed by atoms with van der Waals surface area (Å²) in [5, 5.41) is 9.86. The predicted octanol–water partition coefficient (Wildman–Crippen LogP) is 3.09. The first-order valence-electron chi connectivity index (χ1n) is 5.79. The average Bonchev–Trinajstić information content (AvgIpc) is 2.33. The maximum Gasteiger partial charge on any atom is 0.133 e. The molecule has 1 aromatic rings. The molecule has 1 fully saturated rings. The van der Waals surface area contributed by atoms with E-state index in [-0.39, 0.29) is 12.2 Å². The zero-order chi connectivity index (χ0) is 11.4. The zero-order valence-corrected chi connectivity index (χ0v) is 10.4. The summed E-state index contributed by atoms with van der Waals surface area (Å²) in [7, 11) is 0. The third kappa shape index (κ3) is 2.71. The Kier molecular flexibility index (Phi) is 4.13. The lowest BCUT2D eigenvalue weighted by Crippen LogP contribution is -2.34. The molecule has 1 aromatic carbocycles. The average molecular weight is 238 g/mol. The van der Waals surface area contributed by atoms with Gasteiger partial charge >= 0.3 is 0 Å². The van der Waals surface area contributed by atoms with Gasteiger partial charge < -0.3 is 9.84 Å². The first-order valence-corrected chi connectivity index (χ1v) is 7.01. The number of rotatable bonds is 3. The molecule has 16 heavy (non-hydrogen) atoms. The predicted molar refractivity (Wildman–Crippen MR) is 67.1 cm³/mol. The van der Waals surface area contributed by atoms with Crippen molar-refractivity contribution in [2.75, 3.05) is 6.26 Å². The lowest BCUT2D eigenvalue weighted by Gasteiger charge is -2.28. The number of hydrogen-bond acceptors (Lipinski definition) is 3. The second-order valence-corrected chi connectivity index (χ2v) is 5.01. The van der Waals surface area contributed by atoms with Crippen LogP contribution in [0, 0.1) is 0 Å².